The number of allylic oxidation sites excluding steroid dienone is 2. The number of hydrogen-bond donors (Lipinski definition) is 4. The zero-order chi connectivity index (χ0) is 24.9. The molecule has 0 unspecified atom stereocenters. The molecule has 0 aromatic carbocycles. The first-order valence-corrected chi connectivity index (χ1v) is 10.9. The monoisotopic (exact) mass is 461 g/mol. The highest BCUT2D eigenvalue weighted by Gasteiger charge is 2.16. The van der Waals surface area contributed by atoms with Gasteiger partial charge in [0.1, 0.15) is 23.1 Å². The zero-order valence-electron chi connectivity index (χ0n) is 20.1. The van der Waals surface area contributed by atoms with Gasteiger partial charge in [-0.25, -0.2) is 14.8 Å². The van der Waals surface area contributed by atoms with Crippen LogP contribution in [0.1, 0.15) is 34.6 Å². The fourth-order valence-electron chi connectivity index (χ4n) is 3.09. The van der Waals surface area contributed by atoms with Crippen LogP contribution in [0.3, 0.4) is 0 Å². The normalized spacial score (nSPS) is 12.6. The SMILES string of the molecule is CC(C)C(=C/N)/C=C(\N)Nc1ccc2ncc(-c3ccnc(NC(=O)OC(C)(C)C)c3)cc2n1. The van der Waals surface area contributed by atoms with Gasteiger partial charge in [-0.15, -0.1) is 0 Å². The van der Waals surface area contributed by atoms with Crippen LogP contribution in [0, 0.1) is 5.92 Å². The molecule has 34 heavy (non-hydrogen) atoms. The Morgan fingerprint density at radius 2 is 1.79 bits per heavy atom. The van der Waals surface area contributed by atoms with Gasteiger partial charge in [-0.1, -0.05) is 13.8 Å². The van der Waals surface area contributed by atoms with Crippen LogP contribution in [0.4, 0.5) is 16.4 Å². The van der Waals surface area contributed by atoms with Gasteiger partial charge in [0, 0.05) is 18.0 Å². The molecule has 1 amide bonds. The summed E-state index contributed by atoms with van der Waals surface area (Å²) in [7, 11) is 0. The highest BCUT2D eigenvalue weighted by Crippen LogP contribution is 2.25. The van der Waals surface area contributed by atoms with E-state index in [9.17, 15) is 4.79 Å². The molecule has 0 aliphatic rings. The summed E-state index contributed by atoms with van der Waals surface area (Å²) in [4.78, 5) is 25.4. The molecule has 0 radical (unpaired) electrons. The predicted octanol–water partition coefficient (Wildman–Crippen LogP) is 4.75. The van der Waals surface area contributed by atoms with Gasteiger partial charge in [0.15, 0.2) is 0 Å². The maximum Gasteiger partial charge on any atom is 0.413 e. The first-order chi connectivity index (χ1) is 16.0. The molecule has 178 valence electrons. The Morgan fingerprint density at radius 3 is 2.47 bits per heavy atom. The highest BCUT2D eigenvalue weighted by atomic mass is 16.6. The summed E-state index contributed by atoms with van der Waals surface area (Å²) >= 11 is 0. The number of nitrogens with zero attached hydrogens (tertiary/aromatic N) is 3. The van der Waals surface area contributed by atoms with Gasteiger partial charge in [0.25, 0.3) is 0 Å². The van der Waals surface area contributed by atoms with Gasteiger partial charge >= 0.3 is 6.09 Å². The Kier molecular flexibility index (Phi) is 7.35. The molecule has 9 heteroatoms. The van der Waals surface area contributed by atoms with Crippen LogP contribution in [-0.2, 0) is 4.74 Å². The summed E-state index contributed by atoms with van der Waals surface area (Å²) in [5.41, 5.74) is 15.2. The van der Waals surface area contributed by atoms with E-state index in [1.165, 1.54) is 0 Å². The van der Waals surface area contributed by atoms with E-state index in [1.54, 1.807) is 51.5 Å². The molecule has 0 atom stereocenters. The lowest BCUT2D eigenvalue weighted by molar-refractivity contribution is 0.0635. The van der Waals surface area contributed by atoms with E-state index in [4.69, 9.17) is 16.2 Å². The van der Waals surface area contributed by atoms with E-state index in [-0.39, 0.29) is 5.92 Å². The Morgan fingerprint density at radius 1 is 1.03 bits per heavy atom. The largest absolute Gasteiger partial charge is 0.444 e. The third-order valence-corrected chi connectivity index (χ3v) is 4.71. The number of fused-ring (bicyclic) bond motifs is 1. The van der Waals surface area contributed by atoms with Gasteiger partial charge in [-0.2, -0.15) is 0 Å². The minimum atomic E-state index is -0.600. The van der Waals surface area contributed by atoms with E-state index in [1.807, 2.05) is 38.1 Å². The van der Waals surface area contributed by atoms with Crippen LogP contribution in [0.15, 0.2) is 66.4 Å². The number of nitrogens with two attached hydrogens (primary N) is 2. The summed E-state index contributed by atoms with van der Waals surface area (Å²) < 4.78 is 5.29. The number of hydrogen-bond acceptors (Lipinski definition) is 8. The second-order valence-corrected chi connectivity index (χ2v) is 9.06. The summed E-state index contributed by atoms with van der Waals surface area (Å²) in [6.07, 6.45) is 6.13. The molecule has 0 aliphatic carbocycles. The van der Waals surface area contributed by atoms with Crippen molar-refractivity contribution in [2.24, 2.45) is 17.4 Å². The number of carbonyl (C=O) groups is 1. The van der Waals surface area contributed by atoms with Crippen molar-refractivity contribution < 1.29 is 9.53 Å². The molecular formula is C25H31N7O2. The van der Waals surface area contributed by atoms with Crippen LogP contribution in [0.25, 0.3) is 22.2 Å². The lowest BCUT2D eigenvalue weighted by Gasteiger charge is -2.19. The summed E-state index contributed by atoms with van der Waals surface area (Å²) in [6, 6.07) is 9.18. The minimum Gasteiger partial charge on any atom is -0.444 e. The van der Waals surface area contributed by atoms with E-state index < -0.39 is 11.7 Å². The van der Waals surface area contributed by atoms with Gasteiger partial charge in [-0.05, 0) is 80.4 Å². The Labute approximate surface area is 199 Å². The van der Waals surface area contributed by atoms with E-state index >= 15 is 0 Å². The van der Waals surface area contributed by atoms with Gasteiger partial charge in [0.05, 0.1) is 11.0 Å². The standard InChI is InChI=1S/C25H31N7O2/c1-15(2)17(13-26)11-21(27)31-22-7-6-19-20(30-22)10-18(14-29-19)16-8-9-28-23(12-16)32-24(33)34-25(3,4)5/h6-15H,26-27H2,1-5H3,(H,30,31)(H,28,32,33)/b17-13+,21-11+. The molecule has 0 saturated heterocycles. The molecule has 0 bridgehead atoms. The summed E-state index contributed by atoms with van der Waals surface area (Å²) in [6.45, 7) is 9.48. The number of rotatable bonds is 6. The van der Waals surface area contributed by atoms with Gasteiger partial charge in [0.2, 0.25) is 0 Å². The number of nitrogens with one attached hydrogen (secondary N) is 2. The molecule has 3 rings (SSSR count). The van der Waals surface area contributed by atoms with Crippen LogP contribution in [0.5, 0.6) is 0 Å². The van der Waals surface area contributed by atoms with Crippen LogP contribution >= 0.6 is 0 Å². The van der Waals surface area contributed by atoms with Gasteiger partial charge < -0.3 is 21.5 Å². The second kappa shape index (κ2) is 10.2. The lowest BCUT2D eigenvalue weighted by Crippen LogP contribution is -2.27. The average molecular weight is 462 g/mol. The average Bonchev–Trinajstić information content (AvgIpc) is 2.75. The van der Waals surface area contributed by atoms with Crippen molar-refractivity contribution in [3.63, 3.8) is 0 Å². The maximum absolute atomic E-state index is 12.1. The number of carbonyl (C=O) groups excluding carboxylic acids is 1. The van der Waals surface area contributed by atoms with Crippen molar-refractivity contribution in [1.29, 1.82) is 0 Å². The molecule has 3 aromatic heterocycles. The number of aromatic nitrogens is 3. The van der Waals surface area contributed by atoms with Crippen molar-refractivity contribution >= 4 is 28.8 Å². The molecule has 9 nitrogen and oxygen atoms in total. The molecule has 0 spiro atoms. The number of anilines is 2. The second-order valence-electron chi connectivity index (χ2n) is 9.06. The van der Waals surface area contributed by atoms with E-state index in [0.717, 1.165) is 22.2 Å². The number of ether oxygens (including phenoxy) is 1. The molecule has 0 fully saturated rings. The fourth-order valence-corrected chi connectivity index (χ4v) is 3.09. The van der Waals surface area contributed by atoms with Crippen molar-refractivity contribution in [3.8, 4) is 11.1 Å². The molecule has 6 N–H and O–H groups in total. The first-order valence-electron chi connectivity index (χ1n) is 10.9. The van der Waals surface area contributed by atoms with E-state index in [0.29, 0.717) is 23.0 Å². The maximum atomic E-state index is 12.1. The highest BCUT2D eigenvalue weighted by molar-refractivity contribution is 5.86. The smallest absolute Gasteiger partial charge is 0.413 e. The molecule has 3 heterocycles. The van der Waals surface area contributed by atoms with Gasteiger partial charge in [-0.3, -0.25) is 10.3 Å². The van der Waals surface area contributed by atoms with Crippen molar-refractivity contribution in [1.82, 2.24) is 15.0 Å². The molecular weight excluding hydrogens is 430 g/mol. The predicted molar refractivity (Wildman–Crippen MR) is 136 cm³/mol. The minimum absolute atomic E-state index is 0.247. The van der Waals surface area contributed by atoms with Crippen LogP contribution < -0.4 is 22.1 Å². The zero-order valence-corrected chi connectivity index (χ0v) is 20.1. The summed E-state index contributed by atoms with van der Waals surface area (Å²) in [5, 5.41) is 5.75. The third-order valence-electron chi connectivity index (χ3n) is 4.71. The lowest BCUT2D eigenvalue weighted by atomic mass is 10.0. The van der Waals surface area contributed by atoms with Crippen LogP contribution in [0.2, 0.25) is 0 Å². The van der Waals surface area contributed by atoms with Crippen LogP contribution in [-0.4, -0.2) is 26.6 Å². The number of amides is 1. The number of pyridine rings is 3. The Bertz CT molecular complexity index is 1240. The first kappa shape index (κ1) is 24.5. The van der Waals surface area contributed by atoms with Crippen molar-refractivity contribution in [3.05, 3.63) is 66.4 Å². The third kappa shape index (κ3) is 6.68. The fraction of sp³-hybridized carbons (Fsp3) is 0.280. The topological polar surface area (TPSA) is 141 Å². The van der Waals surface area contributed by atoms with Crippen molar-refractivity contribution in [2.75, 3.05) is 10.6 Å². The molecule has 0 saturated carbocycles. The Hall–Kier alpha value is -4.14. The molecule has 3 aromatic rings. The quantitative estimate of drug-likeness (QED) is 0.385. The Balaban J connectivity index is 1.84. The van der Waals surface area contributed by atoms with E-state index in [2.05, 4.69) is 25.6 Å². The molecule has 0 aliphatic heterocycles. The van der Waals surface area contributed by atoms with Crippen molar-refractivity contribution in [2.45, 2.75) is 40.2 Å². The summed E-state index contributed by atoms with van der Waals surface area (Å²) in [5.74, 6) is 1.65.